The number of hydrogen-bond acceptors (Lipinski definition) is 1. The standard InChI is InChI=1S/C54H42N2S/c1-34-19-24-40(25-20-34)55-48-16-8-4-12-41(48)43-26-21-36(31-51(43)55)35-23-28-50-46(30-35)42-13-5-9-17-49(42)56(50)54(2)33-39(29-38-11-3-7-15-47(38)54)37-22-27-45-44-14-6-10-18-52(44)57-53(45)32-37/h3-19,21-32,34,38,47H,20,33H2,1-2H3. The zero-order valence-electron chi connectivity index (χ0n) is 32.2. The zero-order valence-corrected chi connectivity index (χ0v) is 33.0. The summed E-state index contributed by atoms with van der Waals surface area (Å²) in [6, 6.07) is 48.2. The van der Waals surface area contributed by atoms with Crippen molar-refractivity contribution in [2.24, 2.45) is 17.8 Å². The van der Waals surface area contributed by atoms with Crippen LogP contribution in [0.2, 0.25) is 0 Å². The molecule has 4 unspecified atom stereocenters. The maximum Gasteiger partial charge on any atom is 0.0547 e. The lowest BCUT2D eigenvalue weighted by Gasteiger charge is -2.46. The van der Waals surface area contributed by atoms with Gasteiger partial charge in [-0.1, -0.05) is 134 Å². The molecule has 12 rings (SSSR count). The number of allylic oxidation sites excluding steroid dienone is 10. The Labute approximate surface area is 336 Å². The average molecular weight is 751 g/mol. The predicted octanol–water partition coefficient (Wildman–Crippen LogP) is 14.9. The fourth-order valence-corrected chi connectivity index (χ4v) is 11.7. The normalized spacial score (nSPS) is 22.0. The van der Waals surface area contributed by atoms with Crippen molar-refractivity contribution in [3.8, 4) is 11.1 Å². The molecule has 3 heteroatoms. The van der Waals surface area contributed by atoms with E-state index >= 15 is 0 Å². The van der Waals surface area contributed by atoms with Gasteiger partial charge < -0.3 is 9.13 Å². The summed E-state index contributed by atoms with van der Waals surface area (Å²) in [6.07, 6.45) is 21.0. The molecule has 6 aromatic carbocycles. The van der Waals surface area contributed by atoms with Crippen LogP contribution >= 0.6 is 11.3 Å². The molecule has 3 aliphatic carbocycles. The molecule has 0 saturated heterocycles. The van der Waals surface area contributed by atoms with E-state index in [0.717, 1.165) is 12.8 Å². The summed E-state index contributed by atoms with van der Waals surface area (Å²) in [7, 11) is 0. The molecule has 0 N–H and O–H groups in total. The van der Waals surface area contributed by atoms with E-state index in [2.05, 4.69) is 199 Å². The van der Waals surface area contributed by atoms with Gasteiger partial charge in [-0.15, -0.1) is 11.3 Å². The Morgan fingerprint density at radius 2 is 1.25 bits per heavy atom. The molecule has 4 atom stereocenters. The number of rotatable bonds is 4. The van der Waals surface area contributed by atoms with E-state index in [0.29, 0.717) is 17.8 Å². The van der Waals surface area contributed by atoms with Crippen LogP contribution < -0.4 is 0 Å². The molecule has 0 radical (unpaired) electrons. The molecule has 57 heavy (non-hydrogen) atoms. The molecule has 274 valence electrons. The Balaban J connectivity index is 1.01. The number of thiophene rings is 1. The second kappa shape index (κ2) is 12.4. The van der Waals surface area contributed by atoms with Gasteiger partial charge in [-0.2, -0.15) is 0 Å². The molecule has 0 amide bonds. The van der Waals surface area contributed by atoms with Crippen molar-refractivity contribution in [1.29, 1.82) is 0 Å². The molecular weight excluding hydrogens is 709 g/mol. The fourth-order valence-electron chi connectivity index (χ4n) is 10.6. The minimum Gasteiger partial charge on any atom is -0.334 e. The lowest BCUT2D eigenvalue weighted by molar-refractivity contribution is 0.213. The van der Waals surface area contributed by atoms with Crippen LogP contribution in [0.1, 0.15) is 32.3 Å². The van der Waals surface area contributed by atoms with E-state index in [-0.39, 0.29) is 5.54 Å². The van der Waals surface area contributed by atoms with Gasteiger partial charge >= 0.3 is 0 Å². The Bertz CT molecular complexity index is 3300. The highest BCUT2D eigenvalue weighted by molar-refractivity contribution is 7.25. The number of para-hydroxylation sites is 2. The highest BCUT2D eigenvalue weighted by Gasteiger charge is 2.44. The fraction of sp³-hybridized carbons (Fsp3) is 0.148. The SMILES string of the molecule is CC1C=CC(n2c3ccccc3c3ccc(-c4ccc5c(c4)c4ccccc4n5C4(C)CC(c5ccc6c(c5)sc5ccccc56)=CC5C=CC=CC54)cc32)=CC1. The van der Waals surface area contributed by atoms with Crippen molar-refractivity contribution < 1.29 is 0 Å². The van der Waals surface area contributed by atoms with Crippen LogP contribution in [0, 0.1) is 17.8 Å². The number of aromatic nitrogens is 2. The van der Waals surface area contributed by atoms with Crippen molar-refractivity contribution in [2.45, 2.75) is 32.2 Å². The van der Waals surface area contributed by atoms with Crippen LogP contribution in [0.4, 0.5) is 0 Å². The molecule has 2 nitrogen and oxygen atoms in total. The lowest BCUT2D eigenvalue weighted by Crippen LogP contribution is -2.43. The summed E-state index contributed by atoms with van der Waals surface area (Å²) in [5, 5.41) is 7.93. The average Bonchev–Trinajstić information content (AvgIpc) is 3.91. The van der Waals surface area contributed by atoms with Crippen molar-refractivity contribution >= 4 is 86.4 Å². The first kappa shape index (κ1) is 33.0. The predicted molar refractivity (Wildman–Crippen MR) is 246 cm³/mol. The van der Waals surface area contributed by atoms with E-state index in [9.17, 15) is 0 Å². The summed E-state index contributed by atoms with van der Waals surface area (Å²) in [5.41, 5.74) is 11.4. The summed E-state index contributed by atoms with van der Waals surface area (Å²) in [6.45, 7) is 4.81. The quantitative estimate of drug-likeness (QED) is 0.170. The minimum absolute atomic E-state index is 0.202. The topological polar surface area (TPSA) is 9.86 Å². The molecular formula is C54H42N2S. The molecule has 0 saturated carbocycles. The van der Waals surface area contributed by atoms with Gasteiger partial charge in [0.05, 0.1) is 16.6 Å². The van der Waals surface area contributed by atoms with Crippen LogP contribution in [0.25, 0.3) is 86.2 Å². The second-order valence-corrected chi connectivity index (χ2v) is 17.9. The molecule has 0 aliphatic heterocycles. The molecule has 3 heterocycles. The van der Waals surface area contributed by atoms with E-state index in [1.54, 1.807) is 0 Å². The molecule has 0 bridgehead atoms. The lowest BCUT2D eigenvalue weighted by atomic mass is 9.66. The van der Waals surface area contributed by atoms with Gasteiger partial charge in [0.15, 0.2) is 0 Å². The smallest absolute Gasteiger partial charge is 0.0547 e. The van der Waals surface area contributed by atoms with Gasteiger partial charge in [-0.25, -0.2) is 0 Å². The van der Waals surface area contributed by atoms with Crippen LogP contribution in [-0.2, 0) is 5.54 Å². The Kier molecular flexibility index (Phi) is 7.20. The van der Waals surface area contributed by atoms with Gasteiger partial charge in [0.1, 0.15) is 0 Å². The van der Waals surface area contributed by atoms with Gasteiger partial charge in [0, 0.05) is 70.3 Å². The van der Waals surface area contributed by atoms with Gasteiger partial charge in [0.25, 0.3) is 0 Å². The third kappa shape index (κ3) is 4.95. The number of benzene rings is 6. The third-order valence-electron chi connectivity index (χ3n) is 13.3. The van der Waals surface area contributed by atoms with Crippen molar-refractivity contribution in [3.05, 3.63) is 182 Å². The van der Waals surface area contributed by atoms with Gasteiger partial charge in [-0.3, -0.25) is 0 Å². The Morgan fingerprint density at radius 1 is 0.579 bits per heavy atom. The summed E-state index contributed by atoms with van der Waals surface area (Å²) in [5.74, 6) is 1.21. The molecule has 3 aliphatic rings. The van der Waals surface area contributed by atoms with E-state index < -0.39 is 0 Å². The monoisotopic (exact) mass is 750 g/mol. The Hall–Kier alpha value is -6.16. The first-order valence-electron chi connectivity index (χ1n) is 20.5. The van der Waals surface area contributed by atoms with Crippen LogP contribution in [0.15, 0.2) is 176 Å². The van der Waals surface area contributed by atoms with Crippen molar-refractivity contribution in [3.63, 3.8) is 0 Å². The summed E-state index contributed by atoms with van der Waals surface area (Å²) in [4.78, 5) is 0. The van der Waals surface area contributed by atoms with Gasteiger partial charge in [0.2, 0.25) is 0 Å². The first-order chi connectivity index (χ1) is 28.0. The molecule has 0 spiro atoms. The van der Waals surface area contributed by atoms with Crippen LogP contribution in [0.5, 0.6) is 0 Å². The summed E-state index contributed by atoms with van der Waals surface area (Å²) < 4.78 is 7.89. The van der Waals surface area contributed by atoms with Gasteiger partial charge in [-0.05, 0) is 96.5 Å². The Morgan fingerprint density at radius 3 is 2.11 bits per heavy atom. The third-order valence-corrected chi connectivity index (χ3v) is 14.5. The summed E-state index contributed by atoms with van der Waals surface area (Å²) >= 11 is 1.91. The van der Waals surface area contributed by atoms with E-state index in [4.69, 9.17) is 0 Å². The second-order valence-electron chi connectivity index (χ2n) is 16.8. The molecule has 9 aromatic rings. The van der Waals surface area contributed by atoms with Crippen LogP contribution in [-0.4, -0.2) is 9.13 Å². The zero-order chi connectivity index (χ0) is 37.8. The molecule has 0 fully saturated rings. The highest BCUT2D eigenvalue weighted by Crippen LogP contribution is 2.51. The van der Waals surface area contributed by atoms with Crippen molar-refractivity contribution in [2.75, 3.05) is 0 Å². The van der Waals surface area contributed by atoms with E-state index in [1.165, 1.54) is 91.7 Å². The molecule has 3 aromatic heterocycles. The van der Waals surface area contributed by atoms with Crippen LogP contribution in [0.3, 0.4) is 0 Å². The number of hydrogen-bond donors (Lipinski definition) is 0. The maximum absolute atomic E-state index is 2.71. The maximum atomic E-state index is 2.71. The van der Waals surface area contributed by atoms with Crippen molar-refractivity contribution in [1.82, 2.24) is 9.13 Å². The van der Waals surface area contributed by atoms with E-state index in [1.807, 2.05) is 11.3 Å². The highest BCUT2D eigenvalue weighted by atomic mass is 32.1. The number of fused-ring (bicyclic) bond motifs is 10. The largest absolute Gasteiger partial charge is 0.334 e. The number of nitrogens with zero attached hydrogens (tertiary/aromatic N) is 2. The first-order valence-corrected chi connectivity index (χ1v) is 21.3. The minimum atomic E-state index is -0.202.